The summed E-state index contributed by atoms with van der Waals surface area (Å²) >= 11 is 1.63. The largest absolute Gasteiger partial charge is 0.346 e. The van der Waals surface area contributed by atoms with E-state index in [1.54, 1.807) is 23.5 Å². The van der Waals surface area contributed by atoms with Gasteiger partial charge in [-0.05, 0) is 44.6 Å². The van der Waals surface area contributed by atoms with Gasteiger partial charge in [-0.1, -0.05) is 23.8 Å². The third-order valence-corrected chi connectivity index (χ3v) is 4.44. The summed E-state index contributed by atoms with van der Waals surface area (Å²) in [4.78, 5) is 27.1. The predicted octanol–water partition coefficient (Wildman–Crippen LogP) is 2.41. The van der Waals surface area contributed by atoms with Crippen LogP contribution in [0.5, 0.6) is 0 Å². The first-order valence-corrected chi connectivity index (χ1v) is 8.21. The Morgan fingerprint density at radius 2 is 1.83 bits per heavy atom. The summed E-state index contributed by atoms with van der Waals surface area (Å²) in [5.74, 6) is -1.29. The van der Waals surface area contributed by atoms with Gasteiger partial charge in [0.1, 0.15) is 0 Å². The number of hydrogen-bond donors (Lipinski definition) is 2. The van der Waals surface area contributed by atoms with Crippen LogP contribution in [0.4, 0.5) is 5.69 Å². The fraction of sp³-hybridized carbons (Fsp3) is 0.294. The van der Waals surface area contributed by atoms with Crippen LogP contribution in [0.2, 0.25) is 0 Å². The molecule has 122 valence electrons. The molecule has 0 aliphatic carbocycles. The molecule has 1 aromatic carbocycles. The average molecular weight is 331 g/mol. The van der Waals surface area contributed by atoms with E-state index in [4.69, 9.17) is 0 Å². The minimum Gasteiger partial charge on any atom is -0.346 e. The van der Waals surface area contributed by atoms with E-state index >= 15 is 0 Å². The zero-order chi connectivity index (χ0) is 16.8. The normalized spacial score (nSPS) is 12.0. The predicted molar refractivity (Wildman–Crippen MR) is 93.6 cm³/mol. The van der Waals surface area contributed by atoms with Crippen molar-refractivity contribution in [1.29, 1.82) is 0 Å². The summed E-state index contributed by atoms with van der Waals surface area (Å²) in [6.07, 6.45) is 0. The molecule has 2 amide bonds. The lowest BCUT2D eigenvalue weighted by Crippen LogP contribution is -2.40. The molecule has 1 aromatic heterocycles. The highest BCUT2D eigenvalue weighted by Crippen LogP contribution is 2.22. The molecule has 2 N–H and O–H groups in total. The van der Waals surface area contributed by atoms with E-state index in [0.717, 1.165) is 10.4 Å². The van der Waals surface area contributed by atoms with Crippen LogP contribution in [0.3, 0.4) is 0 Å². The zero-order valence-corrected chi connectivity index (χ0v) is 14.3. The van der Waals surface area contributed by atoms with Crippen LogP contribution in [0.1, 0.15) is 16.5 Å². The summed E-state index contributed by atoms with van der Waals surface area (Å²) in [7, 11) is 3.89. The molecule has 1 heterocycles. The second-order valence-electron chi connectivity index (χ2n) is 5.53. The molecule has 5 nitrogen and oxygen atoms in total. The second kappa shape index (κ2) is 7.89. The maximum atomic E-state index is 12.0. The molecule has 2 aromatic rings. The van der Waals surface area contributed by atoms with Crippen LogP contribution in [-0.2, 0) is 9.59 Å². The minimum absolute atomic E-state index is 0.0473. The highest BCUT2D eigenvalue weighted by molar-refractivity contribution is 7.10. The summed E-state index contributed by atoms with van der Waals surface area (Å²) in [6.45, 7) is 2.35. The van der Waals surface area contributed by atoms with Crippen molar-refractivity contribution in [3.8, 4) is 0 Å². The molecule has 0 aliphatic heterocycles. The first-order chi connectivity index (χ1) is 11.0. The fourth-order valence-corrected chi connectivity index (χ4v) is 3.04. The van der Waals surface area contributed by atoms with Crippen LogP contribution >= 0.6 is 11.3 Å². The number of nitrogens with one attached hydrogen (secondary N) is 2. The fourth-order valence-electron chi connectivity index (χ4n) is 2.11. The van der Waals surface area contributed by atoms with Gasteiger partial charge in [0.2, 0.25) is 0 Å². The molecule has 1 atom stereocenters. The molecule has 0 bridgehead atoms. The van der Waals surface area contributed by atoms with Gasteiger partial charge >= 0.3 is 11.8 Å². The molecule has 0 spiro atoms. The van der Waals surface area contributed by atoms with Crippen LogP contribution in [-0.4, -0.2) is 37.4 Å². The van der Waals surface area contributed by atoms with Crippen molar-refractivity contribution < 1.29 is 9.59 Å². The Kier molecular flexibility index (Phi) is 5.90. The highest BCUT2D eigenvalue weighted by Gasteiger charge is 2.19. The molecule has 2 rings (SSSR count). The summed E-state index contributed by atoms with van der Waals surface area (Å²) in [5.41, 5.74) is 1.70. The van der Waals surface area contributed by atoms with E-state index in [1.165, 1.54) is 0 Å². The number of hydrogen-bond acceptors (Lipinski definition) is 4. The molecule has 0 unspecified atom stereocenters. The quantitative estimate of drug-likeness (QED) is 0.827. The average Bonchev–Trinajstić information content (AvgIpc) is 3.03. The number of rotatable bonds is 5. The van der Waals surface area contributed by atoms with Gasteiger partial charge in [-0.2, -0.15) is 0 Å². The smallest absolute Gasteiger partial charge is 0.313 e. The third kappa shape index (κ3) is 4.91. The maximum absolute atomic E-state index is 12.0. The number of thiophene rings is 1. The number of aryl methyl sites for hydroxylation is 1. The van der Waals surface area contributed by atoms with Gasteiger partial charge in [-0.3, -0.25) is 9.59 Å². The number of carbonyl (C=O) groups excluding carboxylic acids is 2. The van der Waals surface area contributed by atoms with Crippen molar-refractivity contribution in [3.63, 3.8) is 0 Å². The Labute approximate surface area is 140 Å². The second-order valence-corrected chi connectivity index (χ2v) is 6.50. The first-order valence-electron chi connectivity index (χ1n) is 7.33. The Balaban J connectivity index is 1.90. The van der Waals surface area contributed by atoms with Gasteiger partial charge in [0.15, 0.2) is 0 Å². The maximum Gasteiger partial charge on any atom is 0.313 e. The molecular formula is C17H21N3O2S. The Hall–Kier alpha value is -2.18. The summed E-state index contributed by atoms with van der Waals surface area (Å²) in [5, 5.41) is 7.29. The van der Waals surface area contributed by atoms with E-state index in [1.807, 2.05) is 55.6 Å². The van der Waals surface area contributed by atoms with Gasteiger partial charge in [0.05, 0.1) is 6.04 Å². The summed E-state index contributed by atoms with van der Waals surface area (Å²) < 4.78 is 0. The summed E-state index contributed by atoms with van der Waals surface area (Å²) in [6, 6.07) is 11.4. The highest BCUT2D eigenvalue weighted by atomic mass is 32.1. The zero-order valence-electron chi connectivity index (χ0n) is 13.5. The molecule has 0 saturated carbocycles. The number of likely N-dealkylation sites (N-methyl/N-ethyl adjacent to an activating group) is 1. The SMILES string of the molecule is Cc1ccc(NC(=O)C(=O)NC[C@@H](c2cccs2)N(C)C)cc1. The van der Waals surface area contributed by atoms with Crippen molar-refractivity contribution in [2.75, 3.05) is 26.0 Å². The topological polar surface area (TPSA) is 61.4 Å². The lowest BCUT2D eigenvalue weighted by Gasteiger charge is -2.23. The van der Waals surface area contributed by atoms with Gasteiger partial charge in [-0.15, -0.1) is 11.3 Å². The number of benzene rings is 1. The number of nitrogens with zero attached hydrogens (tertiary/aromatic N) is 1. The van der Waals surface area contributed by atoms with Crippen LogP contribution < -0.4 is 10.6 Å². The number of amides is 2. The monoisotopic (exact) mass is 331 g/mol. The van der Waals surface area contributed by atoms with E-state index in [9.17, 15) is 9.59 Å². The van der Waals surface area contributed by atoms with Crippen molar-refractivity contribution in [2.24, 2.45) is 0 Å². The van der Waals surface area contributed by atoms with Crippen LogP contribution in [0.25, 0.3) is 0 Å². The van der Waals surface area contributed by atoms with E-state index in [-0.39, 0.29) is 6.04 Å². The van der Waals surface area contributed by atoms with E-state index in [0.29, 0.717) is 12.2 Å². The van der Waals surface area contributed by atoms with Gasteiger partial charge < -0.3 is 15.5 Å². The molecule has 0 aliphatic rings. The Bertz CT molecular complexity index is 651. The van der Waals surface area contributed by atoms with Crippen molar-refractivity contribution >= 4 is 28.8 Å². The Morgan fingerprint density at radius 3 is 2.39 bits per heavy atom. The third-order valence-electron chi connectivity index (χ3n) is 3.47. The number of carbonyl (C=O) groups is 2. The Morgan fingerprint density at radius 1 is 1.13 bits per heavy atom. The first kappa shape index (κ1) is 17.2. The van der Waals surface area contributed by atoms with E-state index < -0.39 is 11.8 Å². The van der Waals surface area contributed by atoms with Crippen molar-refractivity contribution in [3.05, 3.63) is 52.2 Å². The number of anilines is 1. The lowest BCUT2D eigenvalue weighted by molar-refractivity contribution is -0.136. The minimum atomic E-state index is -0.655. The van der Waals surface area contributed by atoms with Crippen LogP contribution in [0, 0.1) is 6.92 Å². The van der Waals surface area contributed by atoms with Crippen molar-refractivity contribution in [2.45, 2.75) is 13.0 Å². The molecule has 6 heteroatoms. The van der Waals surface area contributed by atoms with Gasteiger partial charge in [-0.25, -0.2) is 0 Å². The molecule has 23 heavy (non-hydrogen) atoms. The van der Waals surface area contributed by atoms with Gasteiger partial charge in [0.25, 0.3) is 0 Å². The molecule has 0 saturated heterocycles. The molecule has 0 radical (unpaired) electrons. The van der Waals surface area contributed by atoms with Crippen LogP contribution in [0.15, 0.2) is 41.8 Å². The van der Waals surface area contributed by atoms with E-state index in [2.05, 4.69) is 10.6 Å². The molecule has 0 fully saturated rings. The molecular weight excluding hydrogens is 310 g/mol. The standard InChI is InChI=1S/C17H21N3O2S/c1-12-6-8-13(9-7-12)19-17(22)16(21)18-11-14(20(2)3)15-5-4-10-23-15/h4-10,14H,11H2,1-3H3,(H,18,21)(H,19,22)/t14-/m0/s1. The van der Waals surface area contributed by atoms with Crippen molar-refractivity contribution in [1.82, 2.24) is 10.2 Å². The van der Waals surface area contributed by atoms with Gasteiger partial charge in [0, 0.05) is 17.1 Å². The lowest BCUT2D eigenvalue weighted by atomic mass is 10.2.